The van der Waals surface area contributed by atoms with Crippen molar-refractivity contribution in [3.63, 3.8) is 0 Å². The summed E-state index contributed by atoms with van der Waals surface area (Å²) in [6.07, 6.45) is 19.0. The van der Waals surface area contributed by atoms with Crippen LogP contribution < -0.4 is 0 Å². The molecular formula is C54H64F6N3O6Y-. The van der Waals surface area contributed by atoms with Gasteiger partial charge in [-0.3, -0.25) is 42.6 Å². The maximum atomic E-state index is 12.6. The van der Waals surface area contributed by atoms with Crippen molar-refractivity contribution in [1.82, 2.24) is 14.7 Å². The van der Waals surface area contributed by atoms with Gasteiger partial charge in [-0.2, -0.15) is 0 Å². The number of terminal acetylenes is 2. The van der Waals surface area contributed by atoms with Crippen LogP contribution in [-0.2, 0) is 69.5 Å². The van der Waals surface area contributed by atoms with Crippen LogP contribution in [0, 0.1) is 89.3 Å². The number of carbonyl (C=O) groups is 6. The quantitative estimate of drug-likeness (QED) is 0.0495. The Bertz CT molecular complexity index is 2320. The average Bonchev–Trinajstić information content (AvgIpc) is 3.92. The molecule has 9 nitrogen and oxygen atoms in total. The van der Waals surface area contributed by atoms with E-state index < -0.39 is 40.5 Å². The fraction of sp³-hybridized carbons (Fsp3) is 0.481. The number of ketones is 2. The van der Waals surface area contributed by atoms with E-state index in [1.54, 1.807) is 19.9 Å². The number of hydrogen-bond acceptors (Lipinski definition) is 6. The molecule has 2 aromatic carbocycles. The number of Topliss-reactive ketones (excluding diaryl/α,β-unsaturated/α-hetero) is 2. The Kier molecular flexibility index (Phi) is 27.5. The molecule has 16 heteroatoms. The molecule has 1 radical (unpaired) electrons. The van der Waals surface area contributed by atoms with Crippen molar-refractivity contribution in [3.8, 4) is 24.7 Å². The summed E-state index contributed by atoms with van der Waals surface area (Å²) in [6.45, 7) is 19.9. The number of hydrogen-bond donors (Lipinski definition) is 0. The molecule has 4 atom stereocenters. The first kappa shape index (κ1) is 62.9. The molecule has 3 aliphatic carbocycles. The van der Waals surface area contributed by atoms with Crippen molar-refractivity contribution in [2.75, 3.05) is 26.2 Å². The van der Waals surface area contributed by atoms with E-state index in [0.717, 1.165) is 43.3 Å². The number of likely N-dealkylation sites (N-methyl/N-ethyl adjacent to an activating group) is 1. The second-order valence-electron chi connectivity index (χ2n) is 16.9. The van der Waals surface area contributed by atoms with E-state index in [4.69, 9.17) is 12.8 Å². The number of amides is 5. The second-order valence-corrected chi connectivity index (χ2v) is 16.9. The standard InChI is InChI=1S/C10H15NO2.C10H14O.C10H12O.C8H5F4.C8H8F2.C8H10N2O2.Y/c1-2-11-9(12)7-5-3-4-6-8(7)10(11)13;2*1-4-5-9-8(3)7(2)6-10(9)11;1-2-4-7(11)5(9)3-6(10)8(4)12;1-2-6-7(9)4-3-5-8(6)10;1-3-5-9-6-7(11)10(4-2)8(9)12;/h7-8H,2-6H2,1H3;4,7H,1,5-6H2,2-3H3;1,7H,5-6H2,2-3H3;2H2,1H3;3-5H,2H2,1H3;1H,4-6H2,2H3;/q;;;-1;;;/t;2*7-;;;;/m.00..../s1. The number of benzene rings is 2. The monoisotopic (exact) mass is 1050 g/mol. The van der Waals surface area contributed by atoms with E-state index in [0.29, 0.717) is 56.4 Å². The van der Waals surface area contributed by atoms with Gasteiger partial charge in [-0.05, 0) is 89.3 Å². The molecule has 2 aromatic rings. The van der Waals surface area contributed by atoms with Gasteiger partial charge in [0, 0.05) is 99.5 Å². The van der Waals surface area contributed by atoms with Crippen LogP contribution in [0.3, 0.4) is 0 Å². The van der Waals surface area contributed by atoms with Gasteiger partial charge >= 0.3 is 6.03 Å². The molecule has 1 saturated carbocycles. The van der Waals surface area contributed by atoms with Crippen molar-refractivity contribution in [2.45, 2.75) is 120 Å². The van der Waals surface area contributed by atoms with Crippen LogP contribution in [0.15, 0.2) is 53.1 Å². The fourth-order valence-electron chi connectivity index (χ4n) is 8.33. The molecule has 0 aromatic heterocycles. The first-order valence-corrected chi connectivity index (χ1v) is 23.2. The number of allylic oxidation sites excluding steroid dienone is 5. The minimum atomic E-state index is -1.48. The van der Waals surface area contributed by atoms with Gasteiger partial charge in [-0.25, -0.2) is 22.4 Å². The van der Waals surface area contributed by atoms with Crippen LogP contribution in [0.2, 0.25) is 0 Å². The molecule has 70 heavy (non-hydrogen) atoms. The van der Waals surface area contributed by atoms with Crippen LogP contribution in [-0.4, -0.2) is 76.2 Å². The largest absolute Gasteiger partial charge is 0.327 e. The fourth-order valence-corrected chi connectivity index (χ4v) is 8.33. The summed E-state index contributed by atoms with van der Waals surface area (Å²) >= 11 is 0. The van der Waals surface area contributed by atoms with E-state index >= 15 is 0 Å². The molecule has 7 rings (SSSR count). The maximum Gasteiger partial charge on any atom is 0.327 e. The van der Waals surface area contributed by atoms with Crippen LogP contribution in [0.25, 0.3) is 0 Å². The Balaban J connectivity index is 0.000000420. The zero-order valence-electron chi connectivity index (χ0n) is 41.5. The van der Waals surface area contributed by atoms with Gasteiger partial charge in [0.1, 0.15) is 18.2 Å². The number of urea groups is 1. The zero-order chi connectivity index (χ0) is 52.3. The molecule has 5 amide bonds. The third-order valence-electron chi connectivity index (χ3n) is 12.6. The molecule has 2 unspecified atom stereocenters. The van der Waals surface area contributed by atoms with E-state index in [1.807, 2.05) is 13.8 Å². The summed E-state index contributed by atoms with van der Waals surface area (Å²) in [5.41, 5.74) is 3.90. The minimum Gasteiger partial charge on any atom is -0.304 e. The van der Waals surface area contributed by atoms with Gasteiger partial charge in [0.15, 0.2) is 11.6 Å². The molecule has 2 saturated heterocycles. The summed E-state index contributed by atoms with van der Waals surface area (Å²) in [5, 5.41) is 0. The molecule has 377 valence electrons. The smallest absolute Gasteiger partial charge is 0.304 e. The maximum absolute atomic E-state index is 12.6. The van der Waals surface area contributed by atoms with E-state index in [9.17, 15) is 55.1 Å². The summed E-state index contributed by atoms with van der Waals surface area (Å²) in [7, 11) is 0. The number of nitrogens with zero attached hydrogens (tertiary/aromatic N) is 3. The summed E-state index contributed by atoms with van der Waals surface area (Å²) in [4.78, 5) is 72.2. The number of fused-ring (bicyclic) bond motifs is 1. The first-order valence-electron chi connectivity index (χ1n) is 23.2. The molecule has 3 fully saturated rings. The van der Waals surface area contributed by atoms with E-state index in [2.05, 4.69) is 39.2 Å². The third-order valence-corrected chi connectivity index (χ3v) is 12.6. The van der Waals surface area contributed by atoms with Crippen molar-refractivity contribution < 1.29 is 87.8 Å². The van der Waals surface area contributed by atoms with Crippen LogP contribution in [0.5, 0.6) is 0 Å². The van der Waals surface area contributed by atoms with Gasteiger partial charge in [-0.15, -0.1) is 31.4 Å². The Morgan fingerprint density at radius 2 is 1.17 bits per heavy atom. The summed E-state index contributed by atoms with van der Waals surface area (Å²) < 4.78 is 75.2. The number of imide groups is 2. The van der Waals surface area contributed by atoms with Crippen LogP contribution in [0.4, 0.5) is 31.1 Å². The Labute approximate surface area is 434 Å². The van der Waals surface area contributed by atoms with Crippen molar-refractivity contribution >= 4 is 35.3 Å². The van der Waals surface area contributed by atoms with Gasteiger partial charge in [0.25, 0.3) is 0 Å². The molecule has 0 bridgehead atoms. The number of rotatable bonds is 8. The van der Waals surface area contributed by atoms with Crippen molar-refractivity contribution in [3.05, 3.63) is 105 Å². The molecule has 2 aliphatic heterocycles. The van der Waals surface area contributed by atoms with Crippen molar-refractivity contribution in [1.29, 1.82) is 0 Å². The predicted molar refractivity (Wildman–Crippen MR) is 252 cm³/mol. The first-order chi connectivity index (χ1) is 32.6. The average molecular weight is 1050 g/mol. The van der Waals surface area contributed by atoms with Gasteiger partial charge < -0.3 is 4.90 Å². The van der Waals surface area contributed by atoms with E-state index in [-0.39, 0.29) is 99.2 Å². The molecule has 5 aliphatic rings. The van der Waals surface area contributed by atoms with E-state index in [1.165, 1.54) is 57.0 Å². The topological polar surface area (TPSA) is 112 Å². The number of likely N-dealkylation sites (tertiary alicyclic amines) is 1. The molecule has 0 spiro atoms. The summed E-state index contributed by atoms with van der Waals surface area (Å²) in [6, 6.07) is 4.92. The predicted octanol–water partition coefficient (Wildman–Crippen LogP) is 10.6. The van der Waals surface area contributed by atoms with Gasteiger partial charge in [-0.1, -0.05) is 75.3 Å². The Morgan fingerprint density at radius 1 is 0.714 bits per heavy atom. The molecule has 2 heterocycles. The third kappa shape index (κ3) is 16.5. The normalized spacial score (nSPS) is 20.0. The zero-order valence-corrected chi connectivity index (χ0v) is 44.4. The SMILES string of the molecule is C#CCC1=C(C)[C@@H](C)CC1=O.C#CCN1CC(=O)N(CC)C1=O.C=CCC1=C(C)[C@@H](C)CC1=O.CCN1C(=O)C2CCCCC2C1=O.CCc1c(F)c(F)[c-]c(F)c1F.CCc1c(F)cccc1F.[Y]. The second kappa shape index (κ2) is 30.6. The van der Waals surface area contributed by atoms with Crippen LogP contribution >= 0.6 is 0 Å². The van der Waals surface area contributed by atoms with Crippen molar-refractivity contribution in [2.24, 2.45) is 23.7 Å². The summed E-state index contributed by atoms with van der Waals surface area (Å²) in [5.74, 6) is -0.286. The Morgan fingerprint density at radius 3 is 1.51 bits per heavy atom. The Hall–Kier alpha value is -5.12. The number of carbonyl (C=O) groups excluding carboxylic acids is 6. The van der Waals surface area contributed by atoms with Crippen LogP contribution in [0.1, 0.15) is 118 Å². The van der Waals surface area contributed by atoms with Gasteiger partial charge in [0.2, 0.25) is 17.7 Å². The van der Waals surface area contributed by atoms with Gasteiger partial charge in [0.05, 0.1) is 18.4 Å². The minimum absolute atomic E-state index is 0. The molecular weight excluding hydrogens is 990 g/mol. The number of halogens is 6. The molecule has 0 N–H and O–H groups in total.